The number of rotatable bonds is 3. The minimum Gasteiger partial charge on any atom is -0.416 e. The summed E-state index contributed by atoms with van der Waals surface area (Å²) in [4.78, 5) is 17.2. The maximum absolute atomic E-state index is 5.71. The average Bonchev–Trinajstić information content (AvgIpc) is 3.26. The Morgan fingerprint density at radius 3 is 2.36 bits per heavy atom. The van der Waals surface area contributed by atoms with E-state index in [0.29, 0.717) is 29.1 Å². The molecule has 7 nitrogen and oxygen atoms in total. The Bertz CT molecular complexity index is 822. The molecule has 1 saturated carbocycles. The van der Waals surface area contributed by atoms with Gasteiger partial charge in [-0.15, -0.1) is 10.2 Å². The van der Waals surface area contributed by atoms with Gasteiger partial charge in [-0.05, 0) is 26.7 Å². The number of nitrogens with zero attached hydrogens (tertiary/aromatic N) is 6. The fourth-order valence-corrected chi connectivity index (χ4v) is 2.18. The number of hydrogen-bond donors (Lipinski definition) is 0. The normalized spacial score (nSPS) is 14.3. The van der Waals surface area contributed by atoms with Gasteiger partial charge in [0.05, 0.1) is 16.8 Å². The first-order valence-electron chi connectivity index (χ1n) is 7.17. The molecule has 110 valence electrons. The Balaban J connectivity index is 1.67. The maximum Gasteiger partial charge on any atom is 0.251 e. The summed E-state index contributed by atoms with van der Waals surface area (Å²) in [5.41, 5.74) is 2.31. The zero-order valence-electron chi connectivity index (χ0n) is 12.3. The molecule has 1 aliphatic carbocycles. The van der Waals surface area contributed by atoms with Crippen molar-refractivity contribution in [3.63, 3.8) is 0 Å². The van der Waals surface area contributed by atoms with Gasteiger partial charge in [0.1, 0.15) is 11.6 Å². The average molecular weight is 294 g/mol. The second kappa shape index (κ2) is 4.94. The molecule has 4 rings (SSSR count). The summed E-state index contributed by atoms with van der Waals surface area (Å²) in [5, 5.41) is 8.14. The molecule has 0 amide bonds. The minimum atomic E-state index is 0.390. The van der Waals surface area contributed by atoms with Crippen molar-refractivity contribution >= 4 is 0 Å². The third-order valence-electron chi connectivity index (χ3n) is 3.62. The Hall–Kier alpha value is -2.70. The highest BCUT2D eigenvalue weighted by Crippen LogP contribution is 2.38. The first-order chi connectivity index (χ1) is 10.7. The summed E-state index contributed by atoms with van der Waals surface area (Å²) >= 11 is 0. The van der Waals surface area contributed by atoms with Crippen molar-refractivity contribution in [3.8, 4) is 22.9 Å². The first kappa shape index (κ1) is 13.0. The van der Waals surface area contributed by atoms with Gasteiger partial charge < -0.3 is 4.42 Å². The van der Waals surface area contributed by atoms with Crippen molar-refractivity contribution in [3.05, 3.63) is 35.9 Å². The molecule has 0 aliphatic heterocycles. The maximum atomic E-state index is 5.71. The summed E-state index contributed by atoms with van der Waals surface area (Å²) in [7, 11) is 0. The summed E-state index contributed by atoms with van der Waals surface area (Å²) in [6, 6.07) is 0. The van der Waals surface area contributed by atoms with Crippen LogP contribution in [0.2, 0.25) is 0 Å². The third kappa shape index (κ3) is 2.34. The molecule has 3 aromatic heterocycles. The third-order valence-corrected chi connectivity index (χ3v) is 3.62. The van der Waals surface area contributed by atoms with Crippen LogP contribution in [0.1, 0.15) is 36.1 Å². The lowest BCUT2D eigenvalue weighted by Crippen LogP contribution is -1.97. The molecule has 3 aromatic rings. The molecule has 1 fully saturated rings. The first-order valence-corrected chi connectivity index (χ1v) is 7.17. The Morgan fingerprint density at radius 2 is 1.68 bits per heavy atom. The van der Waals surface area contributed by atoms with Crippen LogP contribution in [-0.4, -0.2) is 30.1 Å². The van der Waals surface area contributed by atoms with Crippen molar-refractivity contribution in [2.45, 2.75) is 32.6 Å². The van der Waals surface area contributed by atoms with E-state index in [0.717, 1.165) is 17.1 Å². The molecule has 0 saturated heterocycles. The molecule has 3 heterocycles. The van der Waals surface area contributed by atoms with E-state index in [1.165, 1.54) is 12.8 Å². The van der Waals surface area contributed by atoms with Gasteiger partial charge in [0.2, 0.25) is 0 Å². The van der Waals surface area contributed by atoms with E-state index in [1.54, 1.807) is 18.6 Å². The van der Waals surface area contributed by atoms with Crippen LogP contribution in [0.3, 0.4) is 0 Å². The van der Waals surface area contributed by atoms with E-state index >= 15 is 0 Å². The largest absolute Gasteiger partial charge is 0.416 e. The summed E-state index contributed by atoms with van der Waals surface area (Å²) in [6.07, 6.45) is 7.45. The molecule has 22 heavy (non-hydrogen) atoms. The Labute approximate surface area is 126 Å². The molecular weight excluding hydrogens is 280 g/mol. The van der Waals surface area contributed by atoms with Gasteiger partial charge >= 0.3 is 0 Å². The van der Waals surface area contributed by atoms with Crippen LogP contribution in [0.4, 0.5) is 0 Å². The molecule has 0 N–H and O–H groups in total. The van der Waals surface area contributed by atoms with Crippen LogP contribution < -0.4 is 0 Å². The lowest BCUT2D eigenvalue weighted by atomic mass is 10.2. The SMILES string of the molecule is Cc1ncc(-c2nnc(-c3cnc(C4CC4)nc3C)o2)cn1. The second-order valence-electron chi connectivity index (χ2n) is 5.43. The standard InChI is InChI=1S/C15H14N6O/c1-8-12(7-18-13(19-8)10-3-4-10)15-21-20-14(22-15)11-5-16-9(2)17-6-11/h5-7,10H,3-4H2,1-2H3. The molecule has 7 heteroatoms. The lowest BCUT2D eigenvalue weighted by Gasteiger charge is -2.02. The molecule has 0 atom stereocenters. The molecule has 0 radical (unpaired) electrons. The Morgan fingerprint density at radius 1 is 0.955 bits per heavy atom. The smallest absolute Gasteiger partial charge is 0.251 e. The molecule has 0 aromatic carbocycles. The van der Waals surface area contributed by atoms with Crippen LogP contribution >= 0.6 is 0 Å². The molecule has 0 unspecified atom stereocenters. The predicted octanol–water partition coefficient (Wildman–Crippen LogP) is 2.48. The lowest BCUT2D eigenvalue weighted by molar-refractivity contribution is 0.582. The highest BCUT2D eigenvalue weighted by atomic mass is 16.4. The van der Waals surface area contributed by atoms with Crippen LogP contribution in [0, 0.1) is 13.8 Å². The second-order valence-corrected chi connectivity index (χ2v) is 5.43. The van der Waals surface area contributed by atoms with E-state index < -0.39 is 0 Å². The van der Waals surface area contributed by atoms with Gasteiger partial charge in [0.15, 0.2) is 0 Å². The van der Waals surface area contributed by atoms with Gasteiger partial charge in [0, 0.05) is 24.5 Å². The molecule has 0 bridgehead atoms. The molecular formula is C15H14N6O. The van der Waals surface area contributed by atoms with Crippen molar-refractivity contribution < 1.29 is 4.42 Å². The van der Waals surface area contributed by atoms with Gasteiger partial charge in [0.25, 0.3) is 11.8 Å². The summed E-state index contributed by atoms with van der Waals surface area (Å²) in [5.74, 6) is 2.93. The molecule has 0 spiro atoms. The number of aromatic nitrogens is 6. The number of hydrogen-bond acceptors (Lipinski definition) is 7. The molecule has 1 aliphatic rings. The van der Waals surface area contributed by atoms with Crippen molar-refractivity contribution in [1.29, 1.82) is 0 Å². The van der Waals surface area contributed by atoms with Crippen LogP contribution in [-0.2, 0) is 0 Å². The minimum absolute atomic E-state index is 0.390. The highest BCUT2D eigenvalue weighted by Gasteiger charge is 2.27. The topological polar surface area (TPSA) is 90.5 Å². The number of aryl methyl sites for hydroxylation is 2. The van der Waals surface area contributed by atoms with Gasteiger partial charge in [-0.2, -0.15) is 0 Å². The predicted molar refractivity (Wildman–Crippen MR) is 77.8 cm³/mol. The highest BCUT2D eigenvalue weighted by molar-refractivity contribution is 5.57. The summed E-state index contributed by atoms with van der Waals surface area (Å²) in [6.45, 7) is 3.76. The van der Waals surface area contributed by atoms with Crippen LogP contribution in [0.5, 0.6) is 0 Å². The van der Waals surface area contributed by atoms with Crippen molar-refractivity contribution in [1.82, 2.24) is 30.1 Å². The van der Waals surface area contributed by atoms with Gasteiger partial charge in [-0.25, -0.2) is 19.9 Å². The zero-order valence-corrected chi connectivity index (χ0v) is 12.3. The fourth-order valence-electron chi connectivity index (χ4n) is 2.18. The fraction of sp³-hybridized carbons (Fsp3) is 0.333. The van der Waals surface area contributed by atoms with Crippen molar-refractivity contribution in [2.24, 2.45) is 0 Å². The van der Waals surface area contributed by atoms with E-state index in [-0.39, 0.29) is 0 Å². The van der Waals surface area contributed by atoms with E-state index in [4.69, 9.17) is 4.42 Å². The van der Waals surface area contributed by atoms with Crippen molar-refractivity contribution in [2.75, 3.05) is 0 Å². The monoisotopic (exact) mass is 294 g/mol. The van der Waals surface area contributed by atoms with Crippen LogP contribution in [0.15, 0.2) is 23.0 Å². The Kier molecular flexibility index (Phi) is 2.92. The summed E-state index contributed by atoms with van der Waals surface area (Å²) < 4.78 is 5.71. The zero-order chi connectivity index (χ0) is 15.1. The quantitative estimate of drug-likeness (QED) is 0.732. The van der Waals surface area contributed by atoms with E-state index in [1.807, 2.05) is 13.8 Å². The van der Waals surface area contributed by atoms with Gasteiger partial charge in [-0.3, -0.25) is 0 Å². The van der Waals surface area contributed by atoms with Gasteiger partial charge in [-0.1, -0.05) is 0 Å². The van der Waals surface area contributed by atoms with Crippen LogP contribution in [0.25, 0.3) is 22.9 Å². The van der Waals surface area contributed by atoms with E-state index in [2.05, 4.69) is 30.1 Å². The van der Waals surface area contributed by atoms with E-state index in [9.17, 15) is 0 Å².